The Bertz CT molecular complexity index is 527. The van der Waals surface area contributed by atoms with Crippen LogP contribution in [0.4, 0.5) is 0 Å². The van der Waals surface area contributed by atoms with Crippen molar-refractivity contribution in [3.8, 4) is 0 Å². The number of piperazine rings is 1. The second-order valence-electron chi connectivity index (χ2n) is 5.70. The maximum atomic E-state index is 12.3. The number of nitrogens with zero attached hydrogens (tertiary/aromatic N) is 3. The van der Waals surface area contributed by atoms with Crippen LogP contribution < -0.4 is 0 Å². The van der Waals surface area contributed by atoms with Crippen LogP contribution in [0.2, 0.25) is 0 Å². The van der Waals surface area contributed by atoms with E-state index in [-0.39, 0.29) is 17.2 Å². The van der Waals surface area contributed by atoms with Gasteiger partial charge in [-0.25, -0.2) is 0 Å². The first-order valence-electron chi connectivity index (χ1n) is 7.56. The van der Waals surface area contributed by atoms with E-state index < -0.39 is 0 Å². The van der Waals surface area contributed by atoms with Crippen LogP contribution in [0.1, 0.15) is 16.7 Å². The smallest absolute Gasteiger partial charge is 0.233 e. The first-order valence-corrected chi connectivity index (χ1v) is 9.49. The highest BCUT2D eigenvalue weighted by molar-refractivity contribution is 8.00. The lowest BCUT2D eigenvalue weighted by Gasteiger charge is -2.33. The van der Waals surface area contributed by atoms with Crippen LogP contribution >= 0.6 is 23.1 Å². The number of hydrogen-bond acceptors (Lipinski definition) is 5. The molecule has 2 amide bonds. The van der Waals surface area contributed by atoms with Gasteiger partial charge in [0.2, 0.25) is 11.8 Å². The number of carbonyl (C=O) groups excluding carboxylic acids is 2. The molecule has 0 spiro atoms. The molecule has 22 heavy (non-hydrogen) atoms. The van der Waals surface area contributed by atoms with Crippen LogP contribution in [0.25, 0.3) is 0 Å². The van der Waals surface area contributed by atoms with Gasteiger partial charge >= 0.3 is 0 Å². The molecule has 3 rings (SSSR count). The van der Waals surface area contributed by atoms with Crippen molar-refractivity contribution in [2.45, 2.75) is 11.8 Å². The van der Waals surface area contributed by atoms with Gasteiger partial charge in [0.15, 0.2) is 0 Å². The van der Waals surface area contributed by atoms with Crippen LogP contribution in [0.3, 0.4) is 0 Å². The molecule has 0 saturated carbocycles. The predicted molar refractivity (Wildman–Crippen MR) is 89.9 cm³/mol. The van der Waals surface area contributed by atoms with Gasteiger partial charge in [-0.15, -0.1) is 23.1 Å². The normalized spacial score (nSPS) is 23.3. The van der Waals surface area contributed by atoms with Gasteiger partial charge in [0.1, 0.15) is 5.37 Å². The van der Waals surface area contributed by atoms with E-state index >= 15 is 0 Å². The van der Waals surface area contributed by atoms with Gasteiger partial charge in [-0.05, 0) is 18.5 Å². The van der Waals surface area contributed by atoms with E-state index in [1.165, 1.54) is 4.88 Å². The van der Waals surface area contributed by atoms with Crippen LogP contribution in [-0.2, 0) is 9.59 Å². The third-order valence-corrected chi connectivity index (χ3v) is 6.49. The Morgan fingerprint density at radius 2 is 2.09 bits per heavy atom. The van der Waals surface area contributed by atoms with E-state index in [0.29, 0.717) is 18.7 Å². The summed E-state index contributed by atoms with van der Waals surface area (Å²) >= 11 is 3.33. The van der Waals surface area contributed by atoms with Gasteiger partial charge in [-0.3, -0.25) is 9.59 Å². The third-order valence-electron chi connectivity index (χ3n) is 4.18. The second kappa shape index (κ2) is 7.02. The summed E-state index contributed by atoms with van der Waals surface area (Å²) in [5.74, 6) is 0.836. The molecule has 3 heterocycles. The predicted octanol–water partition coefficient (Wildman–Crippen LogP) is 1.49. The Kier molecular flexibility index (Phi) is 5.05. The molecule has 1 aromatic heterocycles. The Hall–Kier alpha value is -1.05. The van der Waals surface area contributed by atoms with E-state index in [0.717, 1.165) is 26.2 Å². The molecule has 2 aliphatic rings. The summed E-state index contributed by atoms with van der Waals surface area (Å²) in [5.41, 5.74) is 0. The van der Waals surface area contributed by atoms with Gasteiger partial charge in [-0.2, -0.15) is 0 Å². The molecule has 2 saturated heterocycles. The number of hydrogen-bond donors (Lipinski definition) is 0. The Balaban J connectivity index is 1.55. The van der Waals surface area contributed by atoms with Crippen LogP contribution in [0.5, 0.6) is 0 Å². The lowest BCUT2D eigenvalue weighted by molar-refractivity contribution is -0.134. The molecule has 1 atom stereocenters. The lowest BCUT2D eigenvalue weighted by atomic mass is 10.2. The van der Waals surface area contributed by atoms with Crippen LogP contribution in [0.15, 0.2) is 17.5 Å². The van der Waals surface area contributed by atoms with E-state index in [9.17, 15) is 9.59 Å². The maximum absolute atomic E-state index is 12.3. The SMILES string of the molecule is CN1CCN(C(=O)CCN2C(=O)CS[C@H]2c2cccs2)CC1. The molecule has 0 aromatic carbocycles. The quantitative estimate of drug-likeness (QED) is 0.834. The van der Waals surface area contributed by atoms with E-state index in [4.69, 9.17) is 0 Å². The number of rotatable bonds is 4. The van der Waals surface area contributed by atoms with E-state index in [1.807, 2.05) is 21.2 Å². The molecule has 0 aliphatic carbocycles. The first-order chi connectivity index (χ1) is 10.6. The minimum atomic E-state index is 0.0905. The van der Waals surface area contributed by atoms with E-state index in [1.54, 1.807) is 23.1 Å². The average Bonchev–Trinajstić information content (AvgIpc) is 3.15. The fourth-order valence-electron chi connectivity index (χ4n) is 2.79. The standard InChI is InChI=1S/C15H21N3O2S2/c1-16-6-8-17(9-7-16)13(19)4-5-18-14(20)11-22-15(18)12-3-2-10-21-12/h2-3,10,15H,4-9,11H2,1H3/t15-/m0/s1. The first kappa shape index (κ1) is 15.8. The van der Waals surface area contributed by atoms with Crippen molar-refractivity contribution in [2.24, 2.45) is 0 Å². The third kappa shape index (κ3) is 3.47. The van der Waals surface area contributed by atoms with Gasteiger partial charge in [0.25, 0.3) is 0 Å². The number of likely N-dealkylation sites (N-methyl/N-ethyl adjacent to an activating group) is 1. The molecule has 0 bridgehead atoms. The van der Waals surface area contributed by atoms with Crippen molar-refractivity contribution in [3.05, 3.63) is 22.4 Å². The average molecular weight is 339 g/mol. The van der Waals surface area contributed by atoms with Crippen molar-refractivity contribution in [1.29, 1.82) is 0 Å². The highest BCUT2D eigenvalue weighted by atomic mass is 32.2. The van der Waals surface area contributed by atoms with Crippen LogP contribution in [-0.4, -0.2) is 72.0 Å². The summed E-state index contributed by atoms with van der Waals surface area (Å²) < 4.78 is 0. The van der Waals surface area contributed by atoms with Crippen molar-refractivity contribution in [3.63, 3.8) is 0 Å². The molecule has 0 N–H and O–H groups in total. The Morgan fingerprint density at radius 3 is 2.77 bits per heavy atom. The zero-order valence-corrected chi connectivity index (χ0v) is 14.4. The van der Waals surface area contributed by atoms with E-state index in [2.05, 4.69) is 18.0 Å². The lowest BCUT2D eigenvalue weighted by Crippen LogP contribution is -2.47. The molecule has 120 valence electrons. The van der Waals surface area contributed by atoms with Crippen molar-refractivity contribution in [1.82, 2.24) is 14.7 Å². The fourth-order valence-corrected chi connectivity index (χ4v) is 4.99. The van der Waals surface area contributed by atoms with Crippen molar-refractivity contribution >= 4 is 34.9 Å². The Labute approximate surface area is 139 Å². The number of thioether (sulfide) groups is 1. The van der Waals surface area contributed by atoms with Crippen molar-refractivity contribution in [2.75, 3.05) is 45.5 Å². The Morgan fingerprint density at radius 1 is 1.32 bits per heavy atom. The van der Waals surface area contributed by atoms with Crippen LogP contribution in [0, 0.1) is 0 Å². The summed E-state index contributed by atoms with van der Waals surface area (Å²) in [6, 6.07) is 4.08. The summed E-state index contributed by atoms with van der Waals surface area (Å²) in [6.07, 6.45) is 0.428. The van der Waals surface area contributed by atoms with Crippen molar-refractivity contribution < 1.29 is 9.59 Å². The zero-order chi connectivity index (χ0) is 15.5. The number of thiophene rings is 1. The molecule has 5 nitrogen and oxygen atoms in total. The molecule has 2 aliphatic heterocycles. The number of carbonyl (C=O) groups is 2. The topological polar surface area (TPSA) is 43.9 Å². The van der Waals surface area contributed by atoms with Gasteiger partial charge < -0.3 is 14.7 Å². The minimum absolute atomic E-state index is 0.0905. The molecule has 0 radical (unpaired) electrons. The monoisotopic (exact) mass is 339 g/mol. The summed E-state index contributed by atoms with van der Waals surface area (Å²) in [6.45, 7) is 3.99. The molecule has 1 aromatic rings. The minimum Gasteiger partial charge on any atom is -0.340 e. The summed E-state index contributed by atoms with van der Waals surface area (Å²) in [7, 11) is 2.08. The molecule has 0 unspecified atom stereocenters. The molecular formula is C15H21N3O2S2. The summed E-state index contributed by atoms with van der Waals surface area (Å²) in [5, 5.41) is 2.12. The second-order valence-corrected chi connectivity index (χ2v) is 7.75. The fraction of sp³-hybridized carbons (Fsp3) is 0.600. The zero-order valence-electron chi connectivity index (χ0n) is 12.7. The largest absolute Gasteiger partial charge is 0.340 e. The van der Waals surface area contributed by atoms with Gasteiger partial charge in [0.05, 0.1) is 5.75 Å². The molecule has 7 heteroatoms. The maximum Gasteiger partial charge on any atom is 0.233 e. The molecular weight excluding hydrogens is 318 g/mol. The highest BCUT2D eigenvalue weighted by Crippen LogP contribution is 2.40. The summed E-state index contributed by atoms with van der Waals surface area (Å²) in [4.78, 5) is 31.6. The highest BCUT2D eigenvalue weighted by Gasteiger charge is 2.33. The van der Waals surface area contributed by atoms with Gasteiger partial charge in [0, 0.05) is 44.0 Å². The molecule has 2 fully saturated rings. The number of amides is 2. The van der Waals surface area contributed by atoms with Gasteiger partial charge in [-0.1, -0.05) is 6.07 Å².